The molecule has 268 valence electrons. The fraction of sp³-hybridized carbons (Fsp3) is 0.619. The van der Waals surface area contributed by atoms with E-state index in [0.717, 1.165) is 6.33 Å². The van der Waals surface area contributed by atoms with Crippen molar-refractivity contribution in [2.24, 2.45) is 0 Å². The van der Waals surface area contributed by atoms with E-state index in [1.54, 1.807) is 0 Å². The van der Waals surface area contributed by atoms with Crippen LogP contribution in [-0.4, -0.2) is 145 Å². The number of carboxylic acid groups (broad SMARTS) is 2. The molecule has 2 aromatic rings. The van der Waals surface area contributed by atoms with E-state index in [-0.39, 0.29) is 17.0 Å². The highest BCUT2D eigenvalue weighted by Crippen LogP contribution is 2.60. The third-order valence-corrected chi connectivity index (χ3v) is 9.47. The summed E-state index contributed by atoms with van der Waals surface area (Å²) < 4.78 is 54.3. The molecule has 0 aromatic carbocycles. The Morgan fingerprint density at radius 3 is 2.10 bits per heavy atom. The van der Waals surface area contributed by atoms with Gasteiger partial charge in [-0.25, -0.2) is 28.9 Å². The molecule has 48 heavy (non-hydrogen) atoms. The number of rotatable bonds is 15. The number of hydrogen-bond donors (Lipinski definition) is 10. The molecule has 2 aliphatic rings. The molecule has 0 amide bonds. The number of carbonyl (C=O) groups excluding carboxylic acids is 1. The van der Waals surface area contributed by atoms with Crippen LogP contribution >= 0.6 is 15.6 Å². The topological polar surface area (TPSA) is 392 Å². The molecule has 4 unspecified atom stereocenters. The summed E-state index contributed by atoms with van der Waals surface area (Å²) in [4.78, 5) is 65.8. The van der Waals surface area contributed by atoms with Crippen LogP contribution in [-0.2, 0) is 51.1 Å². The van der Waals surface area contributed by atoms with Crippen LogP contribution in [0.3, 0.4) is 0 Å². The number of nitrogen functional groups attached to an aromatic ring is 1. The van der Waals surface area contributed by atoms with Crippen molar-refractivity contribution < 1.29 is 96.6 Å². The summed E-state index contributed by atoms with van der Waals surface area (Å²) in [5.41, 5.74) is 2.88. The Hall–Kier alpha value is -3.26. The molecule has 4 heterocycles. The van der Waals surface area contributed by atoms with Crippen molar-refractivity contribution in [3.63, 3.8) is 0 Å². The average Bonchev–Trinajstić information content (AvgIpc) is 3.60. The lowest BCUT2D eigenvalue weighted by atomic mass is 9.96. The second kappa shape index (κ2) is 14.3. The van der Waals surface area contributed by atoms with Gasteiger partial charge in [0.15, 0.2) is 35.7 Å². The van der Waals surface area contributed by atoms with Crippen LogP contribution in [0.15, 0.2) is 12.7 Å². The Morgan fingerprint density at radius 2 is 1.52 bits per heavy atom. The summed E-state index contributed by atoms with van der Waals surface area (Å²) in [6, 6.07) is 0. The molecule has 2 aromatic heterocycles. The number of nitrogens with two attached hydrogens (primary N) is 1. The standard InChI is InChI=1S/C21H29N5O20P2/c22-16-11-17(24-5-23-16)26(6-25-11)18-14(32)12(30)7(43-18)3-41-47(37,38)46-48(39,40)42-4-8-13(31)15(19(33)44-8)45-10(29)2-21(36,20(34)35)1-9(27)28/h5-8,12-15,18-19,30-33,36H,1-4H2,(H,27,28)(H,34,35)(H,37,38)(H,39,40)(H2,22,23,24)/t7-,8+,12-,13+,14-,15+,18-,19?,21?/m1/s1. The number of phosphoric acid groups is 2. The Bertz CT molecular complexity index is 1630. The second-order valence-electron chi connectivity index (χ2n) is 10.3. The summed E-state index contributed by atoms with van der Waals surface area (Å²) in [7, 11) is -11.0. The molecule has 11 N–H and O–H groups in total. The van der Waals surface area contributed by atoms with Crippen LogP contribution < -0.4 is 5.73 Å². The first-order valence-electron chi connectivity index (χ1n) is 13.2. The number of fused-ring (bicyclic) bond motifs is 1. The molecular formula is C21H29N5O20P2. The first-order chi connectivity index (χ1) is 22.2. The smallest absolute Gasteiger partial charge is 0.481 e. The van der Waals surface area contributed by atoms with Gasteiger partial charge in [0.25, 0.3) is 0 Å². The van der Waals surface area contributed by atoms with E-state index >= 15 is 0 Å². The van der Waals surface area contributed by atoms with E-state index in [2.05, 4.69) is 28.3 Å². The molecule has 0 bridgehead atoms. The molecule has 0 saturated carbocycles. The minimum Gasteiger partial charge on any atom is -0.481 e. The van der Waals surface area contributed by atoms with Crippen molar-refractivity contribution in [2.45, 2.75) is 67.6 Å². The predicted molar refractivity (Wildman–Crippen MR) is 145 cm³/mol. The van der Waals surface area contributed by atoms with Crippen molar-refractivity contribution in [1.29, 1.82) is 0 Å². The highest BCUT2D eigenvalue weighted by atomic mass is 31.3. The number of hydrogen-bond acceptors (Lipinski definition) is 20. The van der Waals surface area contributed by atoms with Gasteiger partial charge in [-0.1, -0.05) is 0 Å². The van der Waals surface area contributed by atoms with Gasteiger partial charge >= 0.3 is 33.6 Å². The third-order valence-electron chi connectivity index (χ3n) is 6.87. The van der Waals surface area contributed by atoms with Crippen molar-refractivity contribution in [3.8, 4) is 0 Å². The number of aromatic nitrogens is 4. The minimum atomic E-state index is -5.55. The molecule has 25 nitrogen and oxygen atoms in total. The quantitative estimate of drug-likeness (QED) is 0.0615. The summed E-state index contributed by atoms with van der Waals surface area (Å²) in [5.74, 6) is -5.44. The largest absolute Gasteiger partial charge is 0.481 e. The molecular weight excluding hydrogens is 704 g/mol. The Kier molecular flexibility index (Phi) is 11.2. The van der Waals surface area contributed by atoms with E-state index < -0.39 is 114 Å². The van der Waals surface area contributed by atoms with E-state index in [1.165, 1.54) is 10.9 Å². The Morgan fingerprint density at radius 1 is 0.917 bits per heavy atom. The number of nitrogens with zero attached hydrogens (tertiary/aromatic N) is 4. The molecule has 2 fully saturated rings. The highest BCUT2D eigenvalue weighted by molar-refractivity contribution is 7.61. The summed E-state index contributed by atoms with van der Waals surface area (Å²) in [6.07, 6.45) is -14.8. The number of aliphatic hydroxyl groups excluding tert-OH is 4. The van der Waals surface area contributed by atoms with Crippen LogP contribution in [0, 0.1) is 0 Å². The molecule has 4 rings (SSSR count). The maximum absolute atomic E-state index is 12.4. The lowest BCUT2D eigenvalue weighted by molar-refractivity contribution is -0.183. The molecule has 2 aliphatic heterocycles. The van der Waals surface area contributed by atoms with E-state index in [4.69, 9.17) is 30.2 Å². The van der Waals surface area contributed by atoms with Crippen LogP contribution in [0.5, 0.6) is 0 Å². The fourth-order valence-electron chi connectivity index (χ4n) is 4.54. The number of anilines is 1. The number of carboxylic acids is 2. The number of aliphatic hydroxyl groups is 5. The van der Waals surface area contributed by atoms with Crippen LogP contribution in [0.4, 0.5) is 5.82 Å². The number of esters is 1. The molecule has 2 saturated heterocycles. The highest BCUT2D eigenvalue weighted by Gasteiger charge is 2.50. The van der Waals surface area contributed by atoms with Gasteiger partial charge in [0, 0.05) is 0 Å². The normalized spacial score (nSPS) is 31.1. The molecule has 0 spiro atoms. The van der Waals surface area contributed by atoms with E-state index in [9.17, 15) is 58.8 Å². The van der Waals surface area contributed by atoms with Crippen molar-refractivity contribution in [3.05, 3.63) is 12.7 Å². The maximum atomic E-state index is 12.4. The SMILES string of the molecule is Nc1ncnc2c1ncn2[C@@H]1O[C@H](COP(=O)(O)OP(=O)(O)OC[C@@H]2OC(O)[C@@H](OC(=O)CC(O)(CC(=O)O)C(=O)O)[C@H]2O)[C@@H](O)[C@H]1O. The van der Waals surface area contributed by atoms with Gasteiger partial charge in [0.05, 0.1) is 32.4 Å². The predicted octanol–water partition coefficient (Wildman–Crippen LogP) is -4.05. The lowest BCUT2D eigenvalue weighted by Crippen LogP contribution is -2.45. The van der Waals surface area contributed by atoms with Crippen LogP contribution in [0.25, 0.3) is 11.2 Å². The van der Waals surface area contributed by atoms with Gasteiger partial charge < -0.3 is 65.5 Å². The van der Waals surface area contributed by atoms with Gasteiger partial charge in [0.1, 0.15) is 42.4 Å². The maximum Gasteiger partial charge on any atom is 0.481 e. The van der Waals surface area contributed by atoms with Crippen molar-refractivity contribution in [2.75, 3.05) is 18.9 Å². The molecule has 0 aliphatic carbocycles. The number of phosphoric ester groups is 2. The lowest BCUT2D eigenvalue weighted by Gasteiger charge is -2.23. The zero-order valence-corrected chi connectivity index (χ0v) is 25.7. The first kappa shape index (κ1) is 37.6. The average molecular weight is 733 g/mol. The van der Waals surface area contributed by atoms with Crippen molar-refractivity contribution >= 4 is 50.5 Å². The molecule has 0 radical (unpaired) electrons. The zero-order chi connectivity index (χ0) is 35.8. The van der Waals surface area contributed by atoms with Gasteiger partial charge in [0.2, 0.25) is 0 Å². The second-order valence-corrected chi connectivity index (χ2v) is 13.4. The summed E-state index contributed by atoms with van der Waals surface area (Å²) >= 11 is 0. The molecule has 11 atom stereocenters. The fourth-order valence-corrected chi connectivity index (χ4v) is 6.64. The molecule has 27 heteroatoms. The van der Waals surface area contributed by atoms with Gasteiger partial charge in [-0.3, -0.25) is 23.2 Å². The monoisotopic (exact) mass is 733 g/mol. The summed E-state index contributed by atoms with van der Waals surface area (Å²) in [6.45, 7) is -2.15. The number of ether oxygens (including phenoxy) is 3. The minimum absolute atomic E-state index is 0.00953. The van der Waals surface area contributed by atoms with Gasteiger partial charge in [-0.05, 0) is 0 Å². The number of imidazole rings is 1. The summed E-state index contributed by atoms with van der Waals surface area (Å²) in [5, 5.41) is 68.9. The number of aliphatic carboxylic acids is 2. The Labute approximate surface area is 266 Å². The zero-order valence-electron chi connectivity index (χ0n) is 23.9. The third kappa shape index (κ3) is 8.47. The van der Waals surface area contributed by atoms with E-state index in [0.29, 0.717) is 0 Å². The number of carbonyl (C=O) groups is 3. The van der Waals surface area contributed by atoms with Gasteiger partial charge in [-0.15, -0.1) is 0 Å². The van der Waals surface area contributed by atoms with Crippen LogP contribution in [0.1, 0.15) is 19.1 Å². The van der Waals surface area contributed by atoms with Crippen molar-refractivity contribution in [1.82, 2.24) is 19.5 Å². The first-order valence-corrected chi connectivity index (χ1v) is 16.2. The Balaban J connectivity index is 1.29. The van der Waals surface area contributed by atoms with E-state index in [1.807, 2.05) is 0 Å². The van der Waals surface area contributed by atoms with Crippen LogP contribution in [0.2, 0.25) is 0 Å². The van der Waals surface area contributed by atoms with Gasteiger partial charge in [-0.2, -0.15) is 4.31 Å².